The van der Waals surface area contributed by atoms with E-state index in [2.05, 4.69) is 19.8 Å². The molecule has 4 unspecified atom stereocenters. The van der Waals surface area contributed by atoms with Crippen LogP contribution in [0.25, 0.3) is 21.8 Å². The SMILES string of the molecule is COc1ccc2nccc([C@H](O)CN3CC(CCO)C4(CN(c5ccc6c(c5)OCCO6)C(=O)O4)C(C4N(c5ccc6c(c5)OCCO6)C(=O)O[C@]45CCN(C[C@H](O)c4ccnc6ccc(OC)cc46)C[C@H]5CCO)C3)c2c1. The third-order valence-corrected chi connectivity index (χ3v) is 16.9. The zero-order valence-corrected chi connectivity index (χ0v) is 43.6. The number of hydrogen-bond acceptors (Lipinski definition) is 18. The summed E-state index contributed by atoms with van der Waals surface area (Å²) in [6.45, 7) is 2.40. The van der Waals surface area contributed by atoms with Gasteiger partial charge in [0.2, 0.25) is 0 Å². The Morgan fingerprint density at radius 3 is 1.73 bits per heavy atom. The van der Waals surface area contributed by atoms with Crippen LogP contribution < -0.4 is 38.2 Å². The zero-order chi connectivity index (χ0) is 53.7. The van der Waals surface area contributed by atoms with Gasteiger partial charge in [0.05, 0.1) is 61.4 Å². The molecule has 2 aromatic heterocycles. The highest BCUT2D eigenvalue weighted by molar-refractivity contribution is 5.94. The van der Waals surface area contributed by atoms with Crippen molar-refractivity contribution in [2.45, 2.75) is 48.7 Å². The molecule has 4 N–H and O–H groups in total. The molecule has 0 bridgehead atoms. The van der Waals surface area contributed by atoms with E-state index in [9.17, 15) is 25.2 Å². The first kappa shape index (κ1) is 51.6. The van der Waals surface area contributed by atoms with Crippen molar-refractivity contribution in [1.29, 1.82) is 0 Å². The van der Waals surface area contributed by atoms with Gasteiger partial charge in [-0.2, -0.15) is 0 Å². The van der Waals surface area contributed by atoms with E-state index >= 15 is 4.79 Å². The van der Waals surface area contributed by atoms with E-state index in [0.29, 0.717) is 114 Å². The number of rotatable bonds is 15. The summed E-state index contributed by atoms with van der Waals surface area (Å²) >= 11 is 0. The molecule has 0 radical (unpaired) electrons. The van der Waals surface area contributed by atoms with Gasteiger partial charge in [0.25, 0.3) is 0 Å². The third-order valence-electron chi connectivity index (χ3n) is 16.9. The molecule has 0 aliphatic carbocycles. The number of aliphatic hydroxyl groups excluding tert-OH is 4. The first-order chi connectivity index (χ1) is 38.0. The van der Waals surface area contributed by atoms with E-state index in [1.54, 1.807) is 78.9 Å². The van der Waals surface area contributed by atoms with Crippen molar-refractivity contribution in [1.82, 2.24) is 19.8 Å². The van der Waals surface area contributed by atoms with Gasteiger partial charge in [-0.1, -0.05) is 0 Å². The Kier molecular flexibility index (Phi) is 14.0. The van der Waals surface area contributed by atoms with E-state index in [-0.39, 0.29) is 58.7 Å². The molecule has 4 fully saturated rings. The van der Waals surface area contributed by atoms with Crippen molar-refractivity contribution in [2.24, 2.45) is 17.8 Å². The minimum atomic E-state index is -1.40. The fraction of sp³-hybridized carbons (Fsp3) is 0.448. The Labute approximate surface area is 450 Å². The minimum absolute atomic E-state index is 0.0232. The van der Waals surface area contributed by atoms with Gasteiger partial charge >= 0.3 is 12.2 Å². The fourth-order valence-corrected chi connectivity index (χ4v) is 13.3. The lowest BCUT2D eigenvalue weighted by Crippen LogP contribution is -2.71. The zero-order valence-electron chi connectivity index (χ0n) is 43.6. The van der Waals surface area contributed by atoms with Crippen molar-refractivity contribution in [3.8, 4) is 34.5 Å². The molecule has 8 heterocycles. The topological polar surface area (TPSA) is 228 Å². The van der Waals surface area contributed by atoms with Crippen LogP contribution in [0.15, 0.2) is 97.3 Å². The maximum atomic E-state index is 15.4. The van der Waals surface area contributed by atoms with Crippen LogP contribution in [0.2, 0.25) is 0 Å². The predicted molar refractivity (Wildman–Crippen MR) is 285 cm³/mol. The molecule has 0 saturated carbocycles. The van der Waals surface area contributed by atoms with E-state index in [4.69, 9.17) is 37.9 Å². The number of benzene rings is 4. The van der Waals surface area contributed by atoms with Gasteiger partial charge in [-0.15, -0.1) is 0 Å². The number of anilines is 2. The number of β-amino-alcohol motifs (C(OH)–C–C–N with tert-alkyl or cyclic N) is 2. The molecule has 4 aromatic carbocycles. The van der Waals surface area contributed by atoms with Crippen LogP contribution in [-0.4, -0.2) is 169 Å². The predicted octanol–water partition coefficient (Wildman–Crippen LogP) is 5.90. The lowest BCUT2D eigenvalue weighted by atomic mass is 9.61. The summed E-state index contributed by atoms with van der Waals surface area (Å²) in [4.78, 5) is 46.9. The van der Waals surface area contributed by atoms with Gasteiger partial charge in [-0.25, -0.2) is 9.59 Å². The Morgan fingerprint density at radius 2 is 1.14 bits per heavy atom. The van der Waals surface area contributed by atoms with E-state index < -0.39 is 59.4 Å². The number of nitrogens with zero attached hydrogens (tertiary/aromatic N) is 6. The quantitative estimate of drug-likeness (QED) is 0.0938. The first-order valence-electron chi connectivity index (χ1n) is 26.7. The van der Waals surface area contributed by atoms with Gasteiger partial charge in [0, 0.05) is 112 Å². The van der Waals surface area contributed by atoms with Gasteiger partial charge in [0.15, 0.2) is 23.0 Å². The molecule has 12 rings (SSSR count). The van der Waals surface area contributed by atoms with Gasteiger partial charge < -0.3 is 58.3 Å². The largest absolute Gasteiger partial charge is 0.497 e. The van der Waals surface area contributed by atoms with E-state index in [0.717, 1.165) is 10.8 Å². The number of amides is 2. The molecule has 410 valence electrons. The number of hydrogen-bond donors (Lipinski definition) is 4. The Balaban J connectivity index is 0.976. The summed E-state index contributed by atoms with van der Waals surface area (Å²) in [6, 6.07) is 24.4. The number of fused-ring (bicyclic) bond motifs is 4. The summed E-state index contributed by atoms with van der Waals surface area (Å²) < 4.78 is 49.0. The van der Waals surface area contributed by atoms with Crippen LogP contribution in [-0.2, 0) is 9.47 Å². The number of carbonyl (C=O) groups excluding carboxylic acids is 2. The van der Waals surface area contributed by atoms with Crippen molar-refractivity contribution >= 4 is 45.4 Å². The lowest BCUT2D eigenvalue weighted by Gasteiger charge is -2.56. The standard InChI is InChI=1S/C58H64N6O14/c1-71-39-5-7-46-43(27-39)41(11-16-59-46)48(67)32-61-18-15-57(35(29-61)13-19-65)54(64(56(70)78-57)38-4-10-51-53(26-38)76-24-22-74-51)45-31-62(33-49(68)42-12-17-60-47-8-6-40(72-2)28-44(42)47)30-36(14-20-66)58(45)34-63(55(69)77-58)37-3-9-50-52(25-37)75-23-21-73-50/h3-12,16-17,25-28,35-36,45,48-49,54,65-68H,13-15,18-24,29-34H2,1-2H3/t35-,36?,45?,48+,49-,54?,57+,58?/m1/s1. The molecule has 2 spiro atoms. The van der Waals surface area contributed by atoms with Crippen LogP contribution in [0.1, 0.15) is 42.6 Å². The molecule has 78 heavy (non-hydrogen) atoms. The van der Waals surface area contributed by atoms with Crippen LogP contribution >= 0.6 is 0 Å². The lowest BCUT2D eigenvalue weighted by molar-refractivity contribution is -0.147. The van der Waals surface area contributed by atoms with Gasteiger partial charge in [0.1, 0.15) is 49.1 Å². The van der Waals surface area contributed by atoms with Gasteiger partial charge in [-0.05, 0) is 96.8 Å². The smallest absolute Gasteiger partial charge is 0.415 e. The van der Waals surface area contributed by atoms with Crippen molar-refractivity contribution in [3.05, 3.63) is 108 Å². The van der Waals surface area contributed by atoms with Crippen molar-refractivity contribution < 1.29 is 67.9 Å². The van der Waals surface area contributed by atoms with E-state index in [1.807, 2.05) is 42.5 Å². The second-order valence-corrected chi connectivity index (χ2v) is 21.1. The van der Waals surface area contributed by atoms with E-state index in [1.165, 1.54) is 0 Å². The maximum Gasteiger partial charge on any atom is 0.415 e. The third kappa shape index (κ3) is 9.16. The first-order valence-corrected chi connectivity index (χ1v) is 26.7. The molecule has 6 aliphatic rings. The number of ether oxygens (including phenoxy) is 8. The highest BCUT2D eigenvalue weighted by atomic mass is 16.6. The minimum Gasteiger partial charge on any atom is -0.497 e. The van der Waals surface area contributed by atoms with Crippen molar-refractivity contribution in [2.75, 3.05) is 109 Å². The Bertz CT molecular complexity index is 3220. The number of pyridine rings is 2. The number of carbonyl (C=O) groups is 2. The Hall–Kier alpha value is -7.20. The summed E-state index contributed by atoms with van der Waals surface area (Å²) in [5.74, 6) is 1.36. The van der Waals surface area contributed by atoms with Crippen molar-refractivity contribution in [3.63, 3.8) is 0 Å². The average Bonchev–Trinajstić information content (AvgIpc) is 4.14. The normalized spacial score (nSPS) is 25.9. The second-order valence-electron chi connectivity index (χ2n) is 21.1. The summed E-state index contributed by atoms with van der Waals surface area (Å²) in [5.41, 5.74) is 0.938. The van der Waals surface area contributed by atoms with Crippen LogP contribution in [0.4, 0.5) is 21.0 Å². The Morgan fingerprint density at radius 1 is 0.615 bits per heavy atom. The van der Waals surface area contributed by atoms with Gasteiger partial charge in [-0.3, -0.25) is 29.6 Å². The highest BCUT2D eigenvalue weighted by Gasteiger charge is 2.70. The fourth-order valence-electron chi connectivity index (χ4n) is 13.3. The van der Waals surface area contributed by atoms with Crippen LogP contribution in [0, 0.1) is 17.8 Å². The highest BCUT2D eigenvalue weighted by Crippen LogP contribution is 2.56. The van der Waals surface area contributed by atoms with Crippen LogP contribution in [0.5, 0.6) is 34.5 Å². The molecule has 20 nitrogen and oxygen atoms in total. The number of methoxy groups -OCH3 is 2. The molecule has 8 atom stereocenters. The summed E-state index contributed by atoms with van der Waals surface area (Å²) in [5, 5.41) is 48.1. The summed E-state index contributed by atoms with van der Waals surface area (Å²) in [6.07, 6.45) is 0.755. The molecule has 20 heteroatoms. The second kappa shape index (κ2) is 21.2. The number of aliphatic hydroxyl groups is 4. The molecular formula is C58H64N6O14. The molecule has 2 amide bonds. The monoisotopic (exact) mass is 1070 g/mol. The average molecular weight is 1070 g/mol. The number of aromatic nitrogens is 2. The van der Waals surface area contributed by atoms with Crippen LogP contribution in [0.3, 0.4) is 0 Å². The summed E-state index contributed by atoms with van der Waals surface area (Å²) in [7, 11) is 3.18. The molecule has 6 aliphatic heterocycles. The molecule has 6 aromatic rings. The number of piperidine rings is 2. The maximum absolute atomic E-state index is 15.4. The molecular weight excluding hydrogens is 1000 g/mol. The molecule has 4 saturated heterocycles. The number of likely N-dealkylation sites (tertiary alicyclic amines) is 2.